The number of nitrogens with one attached hydrogen (secondary N) is 1. The van der Waals surface area contributed by atoms with Gasteiger partial charge in [0.25, 0.3) is 0 Å². The molecule has 0 bridgehead atoms. The lowest BCUT2D eigenvalue weighted by atomic mass is 10.0. The molecular formula is C14H24N2. The summed E-state index contributed by atoms with van der Waals surface area (Å²) in [6, 6.07) is 3.21. The molecular weight excluding hydrogens is 196 g/mol. The van der Waals surface area contributed by atoms with E-state index in [1.165, 1.54) is 30.4 Å². The molecule has 1 atom stereocenters. The van der Waals surface area contributed by atoms with E-state index in [2.05, 4.69) is 44.1 Å². The molecule has 0 aliphatic rings. The van der Waals surface area contributed by atoms with Crippen LogP contribution in [0.4, 0.5) is 0 Å². The average Bonchev–Trinajstić information content (AvgIpc) is 2.23. The van der Waals surface area contributed by atoms with E-state index >= 15 is 0 Å². The quantitative estimate of drug-likeness (QED) is 0.792. The summed E-state index contributed by atoms with van der Waals surface area (Å²) in [6.07, 6.45) is 7.60. The van der Waals surface area contributed by atoms with Gasteiger partial charge in [0.2, 0.25) is 0 Å². The predicted octanol–water partition coefficient (Wildman–Crippen LogP) is 3.62. The Morgan fingerprint density at radius 1 is 1.31 bits per heavy atom. The van der Waals surface area contributed by atoms with E-state index in [0.717, 1.165) is 0 Å². The molecule has 2 heteroatoms. The van der Waals surface area contributed by atoms with Crippen LogP contribution < -0.4 is 5.32 Å². The molecule has 0 amide bonds. The molecule has 0 saturated carbocycles. The van der Waals surface area contributed by atoms with Gasteiger partial charge in [-0.05, 0) is 24.5 Å². The summed E-state index contributed by atoms with van der Waals surface area (Å²) in [5, 5.41) is 3.62. The minimum Gasteiger partial charge on any atom is -0.308 e. The van der Waals surface area contributed by atoms with Crippen LogP contribution in [0.25, 0.3) is 0 Å². The Morgan fingerprint density at radius 3 is 2.62 bits per heavy atom. The fraction of sp³-hybridized carbons (Fsp3) is 0.643. The first-order chi connectivity index (χ1) is 7.63. The molecule has 1 aromatic heterocycles. The van der Waals surface area contributed by atoms with E-state index in [4.69, 9.17) is 0 Å². The van der Waals surface area contributed by atoms with Gasteiger partial charge in [0.05, 0.1) is 0 Å². The second-order valence-electron chi connectivity index (χ2n) is 4.81. The molecule has 1 heterocycles. The second kappa shape index (κ2) is 6.64. The number of aryl methyl sites for hydroxylation is 1. The van der Waals surface area contributed by atoms with E-state index in [1.54, 1.807) is 0 Å². The lowest BCUT2D eigenvalue weighted by Gasteiger charge is -2.21. The number of hydrogen-bond donors (Lipinski definition) is 1. The molecule has 2 nitrogen and oxygen atoms in total. The molecule has 1 unspecified atom stereocenters. The Labute approximate surface area is 99.5 Å². The molecule has 0 radical (unpaired) electrons. The third-order valence-corrected chi connectivity index (χ3v) is 2.68. The van der Waals surface area contributed by atoms with Crippen LogP contribution in [-0.4, -0.2) is 11.0 Å². The molecule has 1 N–H and O–H groups in total. The summed E-state index contributed by atoms with van der Waals surface area (Å²) in [5.41, 5.74) is 2.56. The highest BCUT2D eigenvalue weighted by molar-refractivity contribution is 5.20. The lowest BCUT2D eigenvalue weighted by molar-refractivity contribution is 0.439. The Bertz CT molecular complexity index is 307. The topological polar surface area (TPSA) is 24.9 Å². The number of pyridine rings is 1. The highest BCUT2D eigenvalue weighted by Gasteiger charge is 2.12. The molecule has 0 fully saturated rings. The zero-order chi connectivity index (χ0) is 12.0. The van der Waals surface area contributed by atoms with Gasteiger partial charge in [0.15, 0.2) is 0 Å². The largest absolute Gasteiger partial charge is 0.308 e. The smallest absolute Gasteiger partial charge is 0.0337 e. The Kier molecular flexibility index (Phi) is 5.47. The fourth-order valence-electron chi connectivity index (χ4n) is 1.93. The molecule has 16 heavy (non-hydrogen) atoms. The maximum absolute atomic E-state index is 4.28. The lowest BCUT2D eigenvalue weighted by Crippen LogP contribution is -2.28. The van der Waals surface area contributed by atoms with Gasteiger partial charge in [-0.2, -0.15) is 0 Å². The monoisotopic (exact) mass is 220 g/mol. The third kappa shape index (κ3) is 4.31. The van der Waals surface area contributed by atoms with Crippen LogP contribution in [-0.2, 0) is 0 Å². The molecule has 1 aromatic rings. The Morgan fingerprint density at radius 2 is 2.06 bits per heavy atom. The van der Waals surface area contributed by atoms with Crippen LogP contribution >= 0.6 is 0 Å². The van der Waals surface area contributed by atoms with Gasteiger partial charge < -0.3 is 5.32 Å². The van der Waals surface area contributed by atoms with Crippen molar-refractivity contribution >= 4 is 0 Å². The maximum atomic E-state index is 4.28. The van der Waals surface area contributed by atoms with Crippen molar-refractivity contribution < 1.29 is 0 Å². The van der Waals surface area contributed by atoms with Crippen molar-refractivity contribution in [1.82, 2.24) is 10.3 Å². The van der Waals surface area contributed by atoms with Gasteiger partial charge >= 0.3 is 0 Å². The maximum Gasteiger partial charge on any atom is 0.0337 e. The average molecular weight is 220 g/mol. The van der Waals surface area contributed by atoms with E-state index in [0.29, 0.717) is 12.1 Å². The van der Waals surface area contributed by atoms with Crippen LogP contribution in [0.3, 0.4) is 0 Å². The number of unbranched alkanes of at least 4 members (excludes halogenated alkanes) is 1. The minimum absolute atomic E-state index is 0.451. The first kappa shape index (κ1) is 13.2. The van der Waals surface area contributed by atoms with Crippen LogP contribution in [0.1, 0.15) is 57.2 Å². The summed E-state index contributed by atoms with van der Waals surface area (Å²) in [7, 11) is 0. The zero-order valence-electron chi connectivity index (χ0n) is 11.0. The van der Waals surface area contributed by atoms with Crippen molar-refractivity contribution in [2.75, 3.05) is 0 Å². The summed E-state index contributed by atoms with van der Waals surface area (Å²) in [5.74, 6) is 0. The van der Waals surface area contributed by atoms with Crippen molar-refractivity contribution in [1.29, 1.82) is 0 Å². The second-order valence-corrected chi connectivity index (χ2v) is 4.81. The van der Waals surface area contributed by atoms with Gasteiger partial charge in [-0.25, -0.2) is 0 Å². The Hall–Kier alpha value is -0.890. The van der Waals surface area contributed by atoms with Gasteiger partial charge in [-0.15, -0.1) is 0 Å². The van der Waals surface area contributed by atoms with E-state index in [9.17, 15) is 0 Å². The van der Waals surface area contributed by atoms with Crippen LogP contribution in [0.5, 0.6) is 0 Å². The van der Waals surface area contributed by atoms with Crippen LogP contribution in [0.2, 0.25) is 0 Å². The van der Waals surface area contributed by atoms with E-state index < -0.39 is 0 Å². The third-order valence-electron chi connectivity index (χ3n) is 2.68. The van der Waals surface area contributed by atoms with Crippen molar-refractivity contribution in [3.05, 3.63) is 29.6 Å². The standard InChI is InChI=1S/C14H24N2/c1-5-6-7-14(16-11(2)3)13-8-12(4)9-15-10-13/h8-11,14,16H,5-7H2,1-4H3. The first-order valence-electron chi connectivity index (χ1n) is 6.31. The first-order valence-corrected chi connectivity index (χ1v) is 6.31. The van der Waals surface area contributed by atoms with Crippen LogP contribution in [0.15, 0.2) is 18.5 Å². The summed E-state index contributed by atoms with van der Waals surface area (Å²) >= 11 is 0. The normalized spacial score (nSPS) is 13.1. The highest BCUT2D eigenvalue weighted by atomic mass is 14.9. The van der Waals surface area contributed by atoms with Gasteiger partial charge in [-0.3, -0.25) is 4.98 Å². The van der Waals surface area contributed by atoms with Crippen LogP contribution in [0, 0.1) is 6.92 Å². The molecule has 0 spiro atoms. The predicted molar refractivity (Wildman–Crippen MR) is 69.5 cm³/mol. The van der Waals surface area contributed by atoms with Gasteiger partial charge in [0.1, 0.15) is 0 Å². The van der Waals surface area contributed by atoms with Crippen molar-refractivity contribution in [3.8, 4) is 0 Å². The SMILES string of the molecule is CCCCC(NC(C)C)c1cncc(C)c1. The summed E-state index contributed by atoms with van der Waals surface area (Å²) in [6.45, 7) is 8.73. The number of nitrogens with zero attached hydrogens (tertiary/aromatic N) is 1. The highest BCUT2D eigenvalue weighted by Crippen LogP contribution is 2.20. The molecule has 0 saturated heterocycles. The summed E-state index contributed by atoms with van der Waals surface area (Å²) in [4.78, 5) is 4.28. The molecule has 0 aliphatic heterocycles. The molecule has 0 aliphatic carbocycles. The van der Waals surface area contributed by atoms with Crippen molar-refractivity contribution in [2.24, 2.45) is 0 Å². The fourth-order valence-corrected chi connectivity index (χ4v) is 1.93. The molecule has 1 rings (SSSR count). The number of aromatic nitrogens is 1. The molecule has 90 valence electrons. The van der Waals surface area contributed by atoms with Gasteiger partial charge in [-0.1, -0.05) is 39.7 Å². The van der Waals surface area contributed by atoms with Crippen molar-refractivity contribution in [3.63, 3.8) is 0 Å². The van der Waals surface area contributed by atoms with E-state index in [1.807, 2.05) is 12.4 Å². The number of hydrogen-bond acceptors (Lipinski definition) is 2. The van der Waals surface area contributed by atoms with Crippen molar-refractivity contribution in [2.45, 2.75) is 59.0 Å². The van der Waals surface area contributed by atoms with Gasteiger partial charge in [0, 0.05) is 24.5 Å². The van der Waals surface area contributed by atoms with E-state index in [-0.39, 0.29) is 0 Å². The zero-order valence-corrected chi connectivity index (χ0v) is 11.0. The summed E-state index contributed by atoms with van der Waals surface area (Å²) < 4.78 is 0. The number of rotatable bonds is 6. The Balaban J connectivity index is 2.74. The molecule has 0 aromatic carbocycles. The minimum atomic E-state index is 0.451.